The molecule has 1 N–H and O–H groups in total. The van der Waals surface area contributed by atoms with Gasteiger partial charge in [-0.15, -0.1) is 0 Å². The lowest BCUT2D eigenvalue weighted by molar-refractivity contribution is 0.0988. The van der Waals surface area contributed by atoms with Crippen molar-refractivity contribution in [2.75, 3.05) is 11.4 Å². The summed E-state index contributed by atoms with van der Waals surface area (Å²) in [6.07, 6.45) is 0. The third-order valence-corrected chi connectivity index (χ3v) is 4.24. The molecule has 0 aliphatic heterocycles. The summed E-state index contributed by atoms with van der Waals surface area (Å²) in [6, 6.07) is 10.5. The highest BCUT2D eigenvalue weighted by atomic mass is 19.1. The number of hydrogen-bond acceptors (Lipinski definition) is 3. The monoisotopic (exact) mass is 355 g/mol. The van der Waals surface area contributed by atoms with Crippen LogP contribution in [0.1, 0.15) is 24.2 Å². The van der Waals surface area contributed by atoms with Crippen molar-refractivity contribution in [1.82, 2.24) is 9.55 Å². The van der Waals surface area contributed by atoms with Gasteiger partial charge in [-0.2, -0.15) is 0 Å². The number of anilines is 1. The third-order valence-electron chi connectivity index (χ3n) is 4.24. The molecule has 0 fully saturated rings. The van der Waals surface area contributed by atoms with Crippen LogP contribution >= 0.6 is 0 Å². The number of aromatic nitrogens is 2. The van der Waals surface area contributed by atoms with Crippen LogP contribution in [0.25, 0.3) is 11.0 Å². The number of halogens is 1. The molecule has 0 aliphatic carbocycles. The maximum atomic E-state index is 13.1. The highest BCUT2D eigenvalue weighted by molar-refractivity contribution is 6.07. The number of nitrogens with one attached hydrogen (secondary N) is 1. The molecular formula is C19H18FN3O3. The second-order valence-corrected chi connectivity index (χ2v) is 5.76. The smallest absolute Gasteiger partial charge is 0.316 e. The van der Waals surface area contributed by atoms with Crippen molar-refractivity contribution in [1.29, 1.82) is 0 Å². The number of benzene rings is 2. The number of aromatic amines is 1. The standard InChI is InChI=1S/C19H18FN3O3/c1-3-22(14-8-6-13(20)7-9-14)18(25)12-5-10-16-15(11-12)21-17(24)19(26)23(16)4-2/h5-11H,3-4H2,1-2H3,(H,21,24). The van der Waals surface area contributed by atoms with Gasteiger partial charge >= 0.3 is 11.1 Å². The van der Waals surface area contributed by atoms with E-state index >= 15 is 0 Å². The molecule has 0 spiro atoms. The second-order valence-electron chi connectivity index (χ2n) is 5.76. The summed E-state index contributed by atoms with van der Waals surface area (Å²) < 4.78 is 14.5. The number of carbonyl (C=O) groups excluding carboxylic acids is 1. The first-order valence-corrected chi connectivity index (χ1v) is 8.30. The van der Waals surface area contributed by atoms with Crippen LogP contribution in [0.4, 0.5) is 10.1 Å². The minimum atomic E-state index is -0.727. The normalized spacial score (nSPS) is 10.9. The minimum Gasteiger partial charge on any atom is -0.316 e. The minimum absolute atomic E-state index is 0.281. The topological polar surface area (TPSA) is 75.2 Å². The zero-order valence-corrected chi connectivity index (χ0v) is 14.5. The summed E-state index contributed by atoms with van der Waals surface area (Å²) in [5.41, 5.74) is 0.554. The lowest BCUT2D eigenvalue weighted by atomic mass is 10.1. The average molecular weight is 355 g/mol. The molecule has 0 unspecified atom stereocenters. The Hall–Kier alpha value is -3.22. The number of rotatable bonds is 4. The maximum absolute atomic E-state index is 13.1. The lowest BCUT2D eigenvalue weighted by Gasteiger charge is -2.21. The first-order chi connectivity index (χ1) is 12.5. The number of carbonyl (C=O) groups is 1. The highest BCUT2D eigenvalue weighted by Crippen LogP contribution is 2.19. The van der Waals surface area contributed by atoms with E-state index in [1.165, 1.54) is 33.7 Å². The molecule has 0 radical (unpaired) electrons. The van der Waals surface area contributed by atoms with E-state index in [0.717, 1.165) is 0 Å². The Kier molecular flexibility index (Phi) is 4.71. The molecule has 0 saturated carbocycles. The Labute approximate surface area is 148 Å². The van der Waals surface area contributed by atoms with E-state index in [2.05, 4.69) is 4.98 Å². The molecule has 0 atom stereocenters. The van der Waals surface area contributed by atoms with Crippen molar-refractivity contribution >= 4 is 22.6 Å². The molecule has 6 nitrogen and oxygen atoms in total. The molecule has 2 aromatic carbocycles. The highest BCUT2D eigenvalue weighted by Gasteiger charge is 2.17. The molecule has 0 aliphatic rings. The van der Waals surface area contributed by atoms with E-state index in [1.54, 1.807) is 25.1 Å². The molecule has 3 rings (SSSR count). The van der Waals surface area contributed by atoms with E-state index in [4.69, 9.17) is 0 Å². The van der Waals surface area contributed by atoms with E-state index in [-0.39, 0.29) is 11.7 Å². The zero-order valence-electron chi connectivity index (χ0n) is 14.5. The van der Waals surface area contributed by atoms with Crippen LogP contribution in [0.3, 0.4) is 0 Å². The summed E-state index contributed by atoms with van der Waals surface area (Å²) >= 11 is 0. The lowest BCUT2D eigenvalue weighted by Crippen LogP contribution is -2.36. The van der Waals surface area contributed by atoms with Gasteiger partial charge in [-0.1, -0.05) is 0 Å². The number of H-pyrrole nitrogens is 1. The van der Waals surface area contributed by atoms with Gasteiger partial charge in [-0.3, -0.25) is 14.4 Å². The van der Waals surface area contributed by atoms with Gasteiger partial charge in [0.15, 0.2) is 0 Å². The summed E-state index contributed by atoms with van der Waals surface area (Å²) in [5, 5.41) is 0. The van der Waals surface area contributed by atoms with E-state index in [1.807, 2.05) is 6.92 Å². The zero-order chi connectivity index (χ0) is 18.8. The van der Waals surface area contributed by atoms with Gasteiger partial charge in [0.1, 0.15) is 5.82 Å². The van der Waals surface area contributed by atoms with Crippen LogP contribution < -0.4 is 16.0 Å². The summed E-state index contributed by atoms with van der Waals surface area (Å²) in [4.78, 5) is 40.6. The van der Waals surface area contributed by atoms with Gasteiger partial charge in [-0.25, -0.2) is 4.39 Å². The number of nitrogens with zero attached hydrogens (tertiary/aromatic N) is 2. The Morgan fingerprint density at radius 3 is 2.42 bits per heavy atom. The molecule has 0 saturated heterocycles. The number of amides is 1. The van der Waals surface area contributed by atoms with Crippen LogP contribution in [0.15, 0.2) is 52.1 Å². The van der Waals surface area contributed by atoms with Crippen molar-refractivity contribution in [3.8, 4) is 0 Å². The molecule has 3 aromatic rings. The molecule has 0 bridgehead atoms. The van der Waals surface area contributed by atoms with Gasteiger partial charge in [0.25, 0.3) is 5.91 Å². The van der Waals surface area contributed by atoms with Gasteiger partial charge in [0.2, 0.25) is 0 Å². The average Bonchev–Trinajstić information content (AvgIpc) is 2.64. The Balaban J connectivity index is 2.08. The molecule has 134 valence electrons. The fraction of sp³-hybridized carbons (Fsp3) is 0.211. The molecule has 1 aromatic heterocycles. The van der Waals surface area contributed by atoms with Gasteiger partial charge < -0.3 is 14.5 Å². The van der Waals surface area contributed by atoms with Crippen molar-refractivity contribution in [3.05, 3.63) is 74.6 Å². The van der Waals surface area contributed by atoms with Crippen molar-refractivity contribution in [2.24, 2.45) is 0 Å². The first-order valence-electron chi connectivity index (χ1n) is 8.30. The SMILES string of the molecule is CCN(C(=O)c1ccc2c(c1)[nH]c(=O)c(=O)n2CC)c1ccc(F)cc1. The van der Waals surface area contributed by atoms with Gasteiger partial charge in [0, 0.05) is 24.3 Å². The number of hydrogen-bond donors (Lipinski definition) is 1. The fourth-order valence-electron chi connectivity index (χ4n) is 2.95. The van der Waals surface area contributed by atoms with E-state index in [0.29, 0.717) is 35.4 Å². The van der Waals surface area contributed by atoms with E-state index < -0.39 is 11.1 Å². The number of aryl methyl sites for hydroxylation is 1. The fourth-order valence-corrected chi connectivity index (χ4v) is 2.95. The van der Waals surface area contributed by atoms with Gasteiger partial charge in [-0.05, 0) is 56.3 Å². The predicted molar refractivity (Wildman–Crippen MR) is 98.3 cm³/mol. The second kappa shape index (κ2) is 6.95. The largest absolute Gasteiger partial charge is 0.316 e. The van der Waals surface area contributed by atoms with E-state index in [9.17, 15) is 18.8 Å². The quantitative estimate of drug-likeness (QED) is 0.731. The third kappa shape index (κ3) is 3.03. The Morgan fingerprint density at radius 2 is 1.81 bits per heavy atom. The van der Waals surface area contributed by atoms with Crippen LogP contribution in [0.2, 0.25) is 0 Å². The van der Waals surface area contributed by atoms with Crippen LogP contribution in [0.5, 0.6) is 0 Å². The summed E-state index contributed by atoms with van der Waals surface area (Å²) in [7, 11) is 0. The first kappa shape index (κ1) is 17.6. The van der Waals surface area contributed by atoms with Crippen LogP contribution in [0, 0.1) is 5.82 Å². The van der Waals surface area contributed by atoms with Crippen LogP contribution in [-0.4, -0.2) is 22.0 Å². The predicted octanol–water partition coefficient (Wildman–Crippen LogP) is 2.52. The Morgan fingerprint density at radius 1 is 1.12 bits per heavy atom. The molecular weight excluding hydrogens is 337 g/mol. The van der Waals surface area contributed by atoms with Crippen LogP contribution in [-0.2, 0) is 6.54 Å². The summed E-state index contributed by atoms with van der Waals surface area (Å²) in [6.45, 7) is 4.34. The van der Waals surface area contributed by atoms with Crippen molar-refractivity contribution in [3.63, 3.8) is 0 Å². The maximum Gasteiger partial charge on any atom is 0.316 e. The Bertz CT molecular complexity index is 1080. The summed E-state index contributed by atoms with van der Waals surface area (Å²) in [5.74, 6) is -0.658. The van der Waals surface area contributed by atoms with Crippen molar-refractivity contribution < 1.29 is 9.18 Å². The van der Waals surface area contributed by atoms with Gasteiger partial charge in [0.05, 0.1) is 11.0 Å². The van der Waals surface area contributed by atoms with Crippen molar-refractivity contribution in [2.45, 2.75) is 20.4 Å². The molecule has 1 heterocycles. The molecule has 1 amide bonds. The number of fused-ring (bicyclic) bond motifs is 1. The molecule has 26 heavy (non-hydrogen) atoms. The molecule has 7 heteroatoms.